The van der Waals surface area contributed by atoms with E-state index in [1.54, 1.807) is 18.2 Å². The number of rotatable bonds is 9. The first-order chi connectivity index (χ1) is 16.0. The average Bonchev–Trinajstić information content (AvgIpc) is 2.84. The molecule has 34 heavy (non-hydrogen) atoms. The zero-order valence-electron chi connectivity index (χ0n) is 17.7. The van der Waals surface area contributed by atoms with Gasteiger partial charge >= 0.3 is 27.3 Å². The maximum Gasteiger partial charge on any atom is 0.444 e. The third kappa shape index (κ3) is 4.42. The summed E-state index contributed by atoms with van der Waals surface area (Å²) in [5.41, 5.74) is 0. The normalized spacial score (nSPS) is 13.3. The second-order valence-corrected chi connectivity index (χ2v) is 11.3. The fourth-order valence-corrected chi connectivity index (χ4v) is 8.23. The van der Waals surface area contributed by atoms with E-state index in [1.165, 1.54) is 72.8 Å². The molecule has 0 fully saturated rings. The molecule has 0 aliphatic rings. The predicted octanol–water partition coefficient (Wildman–Crippen LogP) is 6.02. The topological polar surface area (TPSA) is 69.7 Å². The molecule has 0 amide bonds. The molecule has 0 saturated carbocycles. The maximum atomic E-state index is 14.9. The minimum absolute atomic E-state index is 0.159. The Balaban J connectivity index is 2.29. The van der Waals surface area contributed by atoms with Crippen LogP contribution in [0.2, 0.25) is 0 Å². The van der Waals surface area contributed by atoms with Crippen molar-refractivity contribution in [1.82, 2.24) is 0 Å². The molecule has 0 atom stereocenters. The predicted molar refractivity (Wildman–Crippen MR) is 118 cm³/mol. The summed E-state index contributed by atoms with van der Waals surface area (Å²) < 4.78 is 93.5. The molecule has 0 spiro atoms. The first kappa shape index (κ1) is 25.7. The van der Waals surface area contributed by atoms with E-state index in [0.717, 1.165) is 6.92 Å². The van der Waals surface area contributed by atoms with Crippen LogP contribution in [-0.2, 0) is 23.3 Å². The molecule has 5 nitrogen and oxygen atoms in total. The first-order valence-corrected chi connectivity index (χ1v) is 12.8. The summed E-state index contributed by atoms with van der Waals surface area (Å²) in [6.45, 7) is 0.463. The van der Waals surface area contributed by atoms with Gasteiger partial charge in [0.05, 0.1) is 6.61 Å². The summed E-state index contributed by atoms with van der Waals surface area (Å²) in [5, 5.41) is -5.93. The lowest BCUT2D eigenvalue weighted by molar-refractivity contribution is -0.204. The van der Waals surface area contributed by atoms with Crippen molar-refractivity contribution < 1.29 is 39.1 Å². The van der Waals surface area contributed by atoms with E-state index < -0.39 is 44.2 Å². The second-order valence-electron chi connectivity index (χ2n) is 6.83. The van der Waals surface area contributed by atoms with Crippen LogP contribution in [0.1, 0.15) is 6.92 Å². The van der Waals surface area contributed by atoms with Crippen molar-refractivity contribution in [3.05, 3.63) is 91.0 Å². The van der Waals surface area contributed by atoms with Gasteiger partial charge in [-0.3, -0.25) is 0 Å². The van der Waals surface area contributed by atoms with Crippen LogP contribution in [0.4, 0.5) is 17.6 Å². The van der Waals surface area contributed by atoms with E-state index in [1.807, 2.05) is 0 Å². The Morgan fingerprint density at radius 3 is 1.41 bits per heavy atom. The Labute approximate surface area is 196 Å². The molecule has 11 heteroatoms. The molecule has 0 radical (unpaired) electrons. The number of carbonyl (C=O) groups excluding carboxylic acids is 1. The SMILES string of the molecule is CCOC(=O)C(F)(F)C(F)(F)S(=O)(=O)OS(c1ccccc1)(c1ccccc1)c1ccccc1. The number of ether oxygens (including phenoxy) is 1. The second kappa shape index (κ2) is 9.77. The Morgan fingerprint density at radius 2 is 1.09 bits per heavy atom. The summed E-state index contributed by atoms with van der Waals surface area (Å²) in [4.78, 5) is 12.0. The molecule has 0 aliphatic carbocycles. The van der Waals surface area contributed by atoms with E-state index in [0.29, 0.717) is 0 Å². The van der Waals surface area contributed by atoms with E-state index in [2.05, 4.69) is 4.74 Å². The van der Waals surface area contributed by atoms with Gasteiger partial charge in [-0.1, -0.05) is 54.6 Å². The molecule has 0 aliphatic heterocycles. The van der Waals surface area contributed by atoms with Crippen LogP contribution in [0, 0.1) is 0 Å². The number of hydrogen-bond donors (Lipinski definition) is 0. The number of benzene rings is 3. The van der Waals surface area contributed by atoms with Gasteiger partial charge < -0.3 is 4.74 Å². The summed E-state index contributed by atoms with van der Waals surface area (Å²) >= 11 is 0. The van der Waals surface area contributed by atoms with E-state index >= 15 is 0 Å². The third-order valence-corrected chi connectivity index (χ3v) is 9.85. The van der Waals surface area contributed by atoms with Crippen molar-refractivity contribution in [1.29, 1.82) is 0 Å². The van der Waals surface area contributed by atoms with Crippen molar-refractivity contribution in [2.45, 2.75) is 32.8 Å². The van der Waals surface area contributed by atoms with Crippen molar-refractivity contribution in [2.75, 3.05) is 6.61 Å². The standard InChI is InChI=1S/C23H20F4O5S2/c1-2-31-21(28)22(24,25)23(26,27)34(29,30)32-33(18-12-6-3-7-13-18,19-14-8-4-9-15-19)20-16-10-5-11-17-20/h3-17H,2H2,1H3. The molecule has 0 aromatic heterocycles. The zero-order valence-corrected chi connectivity index (χ0v) is 19.4. The van der Waals surface area contributed by atoms with Crippen LogP contribution >= 0.6 is 10.3 Å². The maximum absolute atomic E-state index is 14.9. The summed E-state index contributed by atoms with van der Waals surface area (Å²) in [6.07, 6.45) is 0. The molecule has 182 valence electrons. The molecule has 3 rings (SSSR count). The van der Waals surface area contributed by atoms with Gasteiger partial charge in [0.1, 0.15) is 0 Å². The van der Waals surface area contributed by atoms with E-state index in [9.17, 15) is 30.8 Å². The number of hydrogen-bond acceptors (Lipinski definition) is 5. The van der Waals surface area contributed by atoms with Gasteiger partial charge in [-0.2, -0.15) is 26.0 Å². The number of alkyl halides is 4. The number of halogens is 4. The first-order valence-electron chi connectivity index (χ1n) is 9.88. The third-order valence-electron chi connectivity index (χ3n) is 4.63. The lowest BCUT2D eigenvalue weighted by Gasteiger charge is -2.40. The van der Waals surface area contributed by atoms with Gasteiger partial charge in [-0.05, 0) is 53.6 Å². The molecular formula is C23H20F4O5S2. The molecule has 0 saturated heterocycles. The lowest BCUT2D eigenvalue weighted by Crippen LogP contribution is -2.53. The van der Waals surface area contributed by atoms with E-state index in [-0.39, 0.29) is 14.7 Å². The van der Waals surface area contributed by atoms with Crippen molar-refractivity contribution in [3.63, 3.8) is 0 Å². The average molecular weight is 517 g/mol. The summed E-state index contributed by atoms with van der Waals surface area (Å²) in [5.74, 6) is -8.37. The van der Waals surface area contributed by atoms with Crippen molar-refractivity contribution >= 4 is 26.4 Å². The Kier molecular flexibility index (Phi) is 7.39. The lowest BCUT2D eigenvalue weighted by atomic mass is 10.3. The minimum atomic E-state index is -6.43. The fraction of sp³-hybridized carbons (Fsp3) is 0.174. The Hall–Kier alpha value is -2.89. The van der Waals surface area contributed by atoms with Gasteiger partial charge in [-0.15, -0.1) is 0 Å². The largest absolute Gasteiger partial charge is 0.461 e. The van der Waals surface area contributed by atoms with Gasteiger partial charge in [-0.25, -0.2) is 8.42 Å². The molecule has 3 aromatic carbocycles. The highest BCUT2D eigenvalue weighted by molar-refractivity contribution is 8.33. The number of esters is 1. The van der Waals surface area contributed by atoms with Crippen LogP contribution in [-0.4, -0.2) is 32.2 Å². The van der Waals surface area contributed by atoms with Crippen LogP contribution in [0.3, 0.4) is 0 Å². The quantitative estimate of drug-likeness (QED) is 0.257. The highest BCUT2D eigenvalue weighted by Crippen LogP contribution is 2.70. The molecule has 3 aromatic rings. The Morgan fingerprint density at radius 1 is 0.735 bits per heavy atom. The van der Waals surface area contributed by atoms with Gasteiger partial charge in [0.25, 0.3) is 0 Å². The smallest absolute Gasteiger partial charge is 0.444 e. The highest BCUT2D eigenvalue weighted by Gasteiger charge is 2.73. The molecule has 0 bridgehead atoms. The summed E-state index contributed by atoms with van der Waals surface area (Å²) in [7, 11) is -9.96. The monoisotopic (exact) mass is 516 g/mol. The minimum Gasteiger partial charge on any atom is -0.461 e. The van der Waals surface area contributed by atoms with Crippen LogP contribution < -0.4 is 0 Å². The Bertz CT molecular complexity index is 1130. The van der Waals surface area contributed by atoms with Crippen LogP contribution in [0.25, 0.3) is 0 Å². The van der Waals surface area contributed by atoms with Gasteiger partial charge in [0.2, 0.25) is 0 Å². The fourth-order valence-electron chi connectivity index (χ4n) is 3.04. The highest BCUT2D eigenvalue weighted by atomic mass is 32.3. The van der Waals surface area contributed by atoms with E-state index in [4.69, 9.17) is 3.63 Å². The van der Waals surface area contributed by atoms with Crippen LogP contribution in [0.15, 0.2) is 106 Å². The summed E-state index contributed by atoms with van der Waals surface area (Å²) in [6, 6.07) is 22.7. The van der Waals surface area contributed by atoms with Gasteiger partial charge in [0.15, 0.2) is 0 Å². The molecular weight excluding hydrogens is 496 g/mol. The van der Waals surface area contributed by atoms with Crippen molar-refractivity contribution in [2.24, 2.45) is 0 Å². The molecule has 0 N–H and O–H groups in total. The molecule has 0 heterocycles. The zero-order chi connectivity index (χ0) is 25.0. The van der Waals surface area contributed by atoms with Crippen molar-refractivity contribution in [3.8, 4) is 0 Å². The van der Waals surface area contributed by atoms with Gasteiger partial charge in [0, 0.05) is 14.7 Å². The van der Waals surface area contributed by atoms with Crippen LogP contribution in [0.5, 0.6) is 0 Å². The molecule has 0 unspecified atom stereocenters. The number of carbonyl (C=O) groups is 1.